The van der Waals surface area contributed by atoms with Crippen molar-refractivity contribution in [3.63, 3.8) is 0 Å². The molecule has 6 nitrogen and oxygen atoms in total. The van der Waals surface area contributed by atoms with Gasteiger partial charge in [-0.25, -0.2) is 13.1 Å². The highest BCUT2D eigenvalue weighted by atomic mass is 32.2. The standard InChI is InChI=1S/C26H34F3N3O3S/c1-19(2)35-25-6-4-3-5-24(25)32-17-15-31(16-18-32)22-11-9-21(10-12-22)30-36(33,34)23-13-7-20(8-14-23)26(27,28)29/h3-8,13-14,19,21-22,30H,9-12,15-18H2,1-2H3. The van der Waals surface area contributed by atoms with Crippen LogP contribution in [0.15, 0.2) is 53.4 Å². The van der Waals surface area contributed by atoms with Crippen LogP contribution in [0.5, 0.6) is 5.75 Å². The minimum atomic E-state index is -4.50. The summed E-state index contributed by atoms with van der Waals surface area (Å²) in [4.78, 5) is 4.71. The third-order valence-electron chi connectivity index (χ3n) is 6.91. The van der Waals surface area contributed by atoms with Gasteiger partial charge in [-0.15, -0.1) is 0 Å². The Kier molecular flexibility index (Phi) is 8.16. The summed E-state index contributed by atoms with van der Waals surface area (Å²) in [6.07, 6.45) is -1.21. The molecule has 1 saturated heterocycles. The molecule has 2 aromatic carbocycles. The zero-order valence-electron chi connectivity index (χ0n) is 20.7. The average Bonchev–Trinajstić information content (AvgIpc) is 2.84. The number of halogens is 3. The molecule has 1 N–H and O–H groups in total. The normalized spacial score (nSPS) is 22.1. The van der Waals surface area contributed by atoms with E-state index in [2.05, 4.69) is 20.6 Å². The lowest BCUT2D eigenvalue weighted by molar-refractivity contribution is -0.137. The largest absolute Gasteiger partial charge is 0.489 e. The van der Waals surface area contributed by atoms with Gasteiger partial charge in [0.2, 0.25) is 10.0 Å². The fraction of sp³-hybridized carbons (Fsp3) is 0.538. The summed E-state index contributed by atoms with van der Waals surface area (Å²) in [6.45, 7) is 7.71. The van der Waals surface area contributed by atoms with Crippen molar-refractivity contribution < 1.29 is 26.3 Å². The van der Waals surface area contributed by atoms with Crippen LogP contribution in [0.2, 0.25) is 0 Å². The molecular formula is C26H34F3N3O3S. The van der Waals surface area contributed by atoms with Crippen molar-refractivity contribution in [2.45, 2.75) is 68.8 Å². The van der Waals surface area contributed by atoms with E-state index in [0.29, 0.717) is 18.9 Å². The van der Waals surface area contributed by atoms with E-state index in [1.54, 1.807) is 0 Å². The quantitative estimate of drug-likeness (QED) is 0.557. The van der Waals surface area contributed by atoms with Crippen LogP contribution in [0.4, 0.5) is 18.9 Å². The summed E-state index contributed by atoms with van der Waals surface area (Å²) in [5, 5.41) is 0. The lowest BCUT2D eigenvalue weighted by atomic mass is 9.90. The maximum atomic E-state index is 12.8. The Labute approximate surface area is 211 Å². The van der Waals surface area contributed by atoms with Gasteiger partial charge in [0.05, 0.1) is 22.3 Å². The first-order valence-corrected chi connectivity index (χ1v) is 14.0. The van der Waals surface area contributed by atoms with Gasteiger partial charge in [0, 0.05) is 38.3 Å². The van der Waals surface area contributed by atoms with Crippen LogP contribution >= 0.6 is 0 Å². The zero-order valence-corrected chi connectivity index (χ0v) is 21.5. The molecule has 4 rings (SSSR count). The number of nitrogens with one attached hydrogen (secondary N) is 1. The number of rotatable bonds is 7. The predicted molar refractivity (Wildman–Crippen MR) is 134 cm³/mol. The second kappa shape index (κ2) is 11.0. The molecule has 0 atom stereocenters. The van der Waals surface area contributed by atoms with Gasteiger partial charge >= 0.3 is 6.18 Å². The van der Waals surface area contributed by atoms with Gasteiger partial charge in [0.1, 0.15) is 5.75 Å². The average molecular weight is 526 g/mol. The molecule has 0 radical (unpaired) electrons. The third kappa shape index (κ3) is 6.52. The summed E-state index contributed by atoms with van der Waals surface area (Å²) >= 11 is 0. The monoisotopic (exact) mass is 525 g/mol. The number of anilines is 1. The van der Waals surface area contributed by atoms with Crippen molar-refractivity contribution in [2.75, 3.05) is 31.1 Å². The van der Waals surface area contributed by atoms with Gasteiger partial charge in [-0.1, -0.05) is 12.1 Å². The van der Waals surface area contributed by atoms with Crippen LogP contribution in [0.1, 0.15) is 45.1 Å². The first-order valence-electron chi connectivity index (χ1n) is 12.5. The number of sulfonamides is 1. The van der Waals surface area contributed by atoms with Crippen molar-refractivity contribution in [2.24, 2.45) is 0 Å². The second-order valence-electron chi connectivity index (χ2n) is 9.81. The van der Waals surface area contributed by atoms with E-state index in [1.807, 2.05) is 32.0 Å². The molecular weight excluding hydrogens is 491 g/mol. The minimum absolute atomic E-state index is 0.110. The molecule has 1 aliphatic heterocycles. The molecule has 0 bridgehead atoms. The van der Waals surface area contributed by atoms with E-state index < -0.39 is 21.8 Å². The van der Waals surface area contributed by atoms with Gasteiger partial charge in [-0.3, -0.25) is 4.90 Å². The molecule has 1 saturated carbocycles. The summed E-state index contributed by atoms with van der Waals surface area (Å²) in [5.41, 5.74) is 0.255. The van der Waals surface area contributed by atoms with Crippen molar-refractivity contribution in [3.8, 4) is 5.75 Å². The number of ether oxygens (including phenoxy) is 1. The van der Waals surface area contributed by atoms with E-state index in [1.165, 1.54) is 0 Å². The molecule has 10 heteroatoms. The Hall–Kier alpha value is -2.30. The molecule has 1 aliphatic carbocycles. The van der Waals surface area contributed by atoms with E-state index in [4.69, 9.17) is 4.74 Å². The molecule has 0 unspecified atom stereocenters. The Morgan fingerprint density at radius 3 is 2.11 bits per heavy atom. The van der Waals surface area contributed by atoms with Crippen molar-refractivity contribution in [3.05, 3.63) is 54.1 Å². The fourth-order valence-electron chi connectivity index (χ4n) is 5.07. The van der Waals surface area contributed by atoms with Crippen molar-refractivity contribution in [1.29, 1.82) is 0 Å². The van der Waals surface area contributed by atoms with Gasteiger partial charge in [-0.2, -0.15) is 13.2 Å². The van der Waals surface area contributed by atoms with Gasteiger partial charge in [0.15, 0.2) is 0 Å². The summed E-state index contributed by atoms with van der Waals surface area (Å²) in [7, 11) is -3.86. The first-order chi connectivity index (χ1) is 17.0. The van der Waals surface area contributed by atoms with Crippen LogP contribution < -0.4 is 14.4 Å². The van der Waals surface area contributed by atoms with Gasteiger partial charge < -0.3 is 9.64 Å². The maximum Gasteiger partial charge on any atom is 0.416 e. The van der Waals surface area contributed by atoms with Gasteiger partial charge in [0.25, 0.3) is 0 Å². The van der Waals surface area contributed by atoms with Crippen LogP contribution in [-0.4, -0.2) is 57.7 Å². The smallest absolute Gasteiger partial charge is 0.416 e. The molecule has 2 aromatic rings. The zero-order chi connectivity index (χ0) is 25.9. The Balaban J connectivity index is 1.27. The van der Waals surface area contributed by atoms with E-state index in [0.717, 1.165) is 74.7 Å². The number of benzene rings is 2. The molecule has 0 amide bonds. The van der Waals surface area contributed by atoms with Gasteiger partial charge in [-0.05, 0) is 75.9 Å². The van der Waals surface area contributed by atoms with Crippen LogP contribution in [0, 0.1) is 0 Å². The molecule has 2 fully saturated rings. The first kappa shape index (κ1) is 26.8. The molecule has 2 aliphatic rings. The van der Waals surface area contributed by atoms with E-state index >= 15 is 0 Å². The summed E-state index contributed by atoms with van der Waals surface area (Å²) in [6, 6.07) is 12.0. The highest BCUT2D eigenvalue weighted by Crippen LogP contribution is 2.32. The van der Waals surface area contributed by atoms with Crippen molar-refractivity contribution in [1.82, 2.24) is 9.62 Å². The Bertz CT molecular complexity index is 1110. The van der Waals surface area contributed by atoms with Crippen LogP contribution in [0.3, 0.4) is 0 Å². The maximum absolute atomic E-state index is 12.8. The summed E-state index contributed by atoms with van der Waals surface area (Å²) in [5.74, 6) is 0.904. The number of hydrogen-bond acceptors (Lipinski definition) is 5. The molecule has 36 heavy (non-hydrogen) atoms. The third-order valence-corrected chi connectivity index (χ3v) is 8.45. The minimum Gasteiger partial charge on any atom is -0.489 e. The number of para-hydroxylation sites is 2. The highest BCUT2D eigenvalue weighted by molar-refractivity contribution is 7.89. The Morgan fingerprint density at radius 1 is 0.917 bits per heavy atom. The highest BCUT2D eigenvalue weighted by Gasteiger charge is 2.33. The lowest BCUT2D eigenvalue weighted by Gasteiger charge is -2.43. The molecule has 198 valence electrons. The lowest BCUT2D eigenvalue weighted by Crippen LogP contribution is -2.52. The van der Waals surface area contributed by atoms with Crippen LogP contribution in [-0.2, 0) is 16.2 Å². The van der Waals surface area contributed by atoms with Crippen LogP contribution in [0.25, 0.3) is 0 Å². The number of piperazine rings is 1. The Morgan fingerprint density at radius 2 is 1.53 bits per heavy atom. The molecule has 0 spiro atoms. The SMILES string of the molecule is CC(C)Oc1ccccc1N1CCN(C2CCC(NS(=O)(=O)c3ccc(C(F)(F)F)cc3)CC2)CC1. The van der Waals surface area contributed by atoms with E-state index in [-0.39, 0.29) is 17.0 Å². The number of alkyl halides is 3. The second-order valence-corrected chi connectivity index (χ2v) is 11.5. The van der Waals surface area contributed by atoms with Crippen molar-refractivity contribution >= 4 is 15.7 Å². The topological polar surface area (TPSA) is 61.9 Å². The summed E-state index contributed by atoms with van der Waals surface area (Å²) < 4.78 is 72.4. The number of nitrogens with zero attached hydrogens (tertiary/aromatic N) is 2. The fourth-order valence-corrected chi connectivity index (χ4v) is 6.37. The van der Waals surface area contributed by atoms with E-state index in [9.17, 15) is 21.6 Å². The molecule has 1 heterocycles. The molecule has 0 aromatic heterocycles. The number of hydrogen-bond donors (Lipinski definition) is 1. The predicted octanol–water partition coefficient (Wildman–Crippen LogP) is 4.90.